The molecule has 0 unspecified atom stereocenters. The number of amides is 1. The molecule has 25 heavy (non-hydrogen) atoms. The summed E-state index contributed by atoms with van der Waals surface area (Å²) in [6.07, 6.45) is 4.32. The molecule has 0 N–H and O–H groups in total. The summed E-state index contributed by atoms with van der Waals surface area (Å²) < 4.78 is 0. The van der Waals surface area contributed by atoms with Gasteiger partial charge in [0.1, 0.15) is 0 Å². The van der Waals surface area contributed by atoms with Gasteiger partial charge in [-0.05, 0) is 47.4 Å². The van der Waals surface area contributed by atoms with Gasteiger partial charge in [-0.25, -0.2) is 0 Å². The standard InChI is InChI=1S/C20H18N2OS.BrH/c23-19-18(24-20(21-19)22-12-4-5-13-22)14-15-8-10-17(11-9-15)16-6-2-1-3-7-16;/h1-3,6-11,14H,4-5,12-13H2;1H/b18-14+;. The Morgan fingerprint density at radius 1 is 0.920 bits per heavy atom. The van der Waals surface area contributed by atoms with Crippen molar-refractivity contribution in [1.29, 1.82) is 0 Å². The number of nitrogens with zero attached hydrogens (tertiary/aromatic N) is 2. The van der Waals surface area contributed by atoms with Gasteiger partial charge in [-0.2, -0.15) is 4.99 Å². The monoisotopic (exact) mass is 414 g/mol. The topological polar surface area (TPSA) is 32.7 Å². The normalized spacial score (nSPS) is 18.4. The number of amidine groups is 1. The van der Waals surface area contributed by atoms with Crippen molar-refractivity contribution in [2.24, 2.45) is 4.99 Å². The summed E-state index contributed by atoms with van der Waals surface area (Å²) >= 11 is 1.50. The fraction of sp³-hybridized carbons (Fsp3) is 0.200. The van der Waals surface area contributed by atoms with Crippen molar-refractivity contribution in [2.75, 3.05) is 13.1 Å². The molecule has 0 atom stereocenters. The highest BCUT2D eigenvalue weighted by molar-refractivity contribution is 8.93. The van der Waals surface area contributed by atoms with E-state index in [9.17, 15) is 4.79 Å². The second-order valence-corrected chi connectivity index (χ2v) is 7.00. The van der Waals surface area contributed by atoms with Crippen LogP contribution in [0.3, 0.4) is 0 Å². The predicted octanol–water partition coefficient (Wildman–Crippen LogP) is 5.00. The van der Waals surface area contributed by atoms with Crippen LogP contribution in [0.15, 0.2) is 64.5 Å². The van der Waals surface area contributed by atoms with E-state index in [1.807, 2.05) is 24.3 Å². The average molecular weight is 415 g/mol. The molecule has 1 fully saturated rings. The summed E-state index contributed by atoms with van der Waals surface area (Å²) in [5.74, 6) is -0.117. The fourth-order valence-corrected chi connectivity index (χ4v) is 3.96. The number of thioether (sulfide) groups is 1. The average Bonchev–Trinajstić information content (AvgIpc) is 3.27. The molecule has 2 aromatic rings. The molecule has 1 saturated heterocycles. The molecule has 0 saturated carbocycles. The van der Waals surface area contributed by atoms with E-state index in [1.54, 1.807) is 0 Å². The maximum atomic E-state index is 12.1. The molecule has 2 heterocycles. The van der Waals surface area contributed by atoms with Crippen LogP contribution in [0.5, 0.6) is 0 Å². The SMILES string of the molecule is Br.O=C1N=C(N2CCCC2)S/C1=C/c1ccc(-c2ccccc2)cc1. The van der Waals surface area contributed by atoms with E-state index < -0.39 is 0 Å². The van der Waals surface area contributed by atoms with Gasteiger partial charge in [0.05, 0.1) is 4.91 Å². The van der Waals surface area contributed by atoms with Crippen molar-refractivity contribution < 1.29 is 4.79 Å². The first-order chi connectivity index (χ1) is 11.8. The molecule has 0 radical (unpaired) electrons. The Kier molecular flexibility index (Phi) is 5.76. The number of aliphatic imine (C=N–C) groups is 1. The number of hydrogen-bond donors (Lipinski definition) is 0. The van der Waals surface area contributed by atoms with Crippen LogP contribution in [-0.4, -0.2) is 29.1 Å². The van der Waals surface area contributed by atoms with Crippen molar-refractivity contribution in [2.45, 2.75) is 12.8 Å². The number of hydrogen-bond acceptors (Lipinski definition) is 3. The third-order valence-corrected chi connectivity index (χ3v) is 5.35. The number of likely N-dealkylation sites (tertiary alicyclic amines) is 1. The van der Waals surface area contributed by atoms with E-state index >= 15 is 0 Å². The van der Waals surface area contributed by atoms with Crippen LogP contribution < -0.4 is 0 Å². The second-order valence-electron chi connectivity index (χ2n) is 5.99. The van der Waals surface area contributed by atoms with E-state index in [1.165, 1.54) is 35.7 Å². The van der Waals surface area contributed by atoms with Crippen molar-refractivity contribution in [3.63, 3.8) is 0 Å². The third-order valence-electron chi connectivity index (χ3n) is 4.30. The minimum Gasteiger partial charge on any atom is -0.351 e. The van der Waals surface area contributed by atoms with E-state index in [0.29, 0.717) is 4.91 Å². The van der Waals surface area contributed by atoms with Crippen LogP contribution >= 0.6 is 28.7 Å². The lowest BCUT2D eigenvalue weighted by molar-refractivity contribution is -0.113. The molecule has 2 aliphatic heterocycles. The summed E-state index contributed by atoms with van der Waals surface area (Å²) in [4.78, 5) is 19.3. The van der Waals surface area contributed by atoms with Crippen molar-refractivity contribution in [3.8, 4) is 11.1 Å². The van der Waals surface area contributed by atoms with Gasteiger partial charge in [0.15, 0.2) is 5.17 Å². The molecular weight excluding hydrogens is 396 g/mol. The van der Waals surface area contributed by atoms with Gasteiger partial charge >= 0.3 is 0 Å². The van der Waals surface area contributed by atoms with Crippen LogP contribution in [-0.2, 0) is 4.79 Å². The van der Waals surface area contributed by atoms with Gasteiger partial charge in [-0.3, -0.25) is 4.79 Å². The predicted molar refractivity (Wildman–Crippen MR) is 111 cm³/mol. The van der Waals surface area contributed by atoms with Crippen LogP contribution in [0.1, 0.15) is 18.4 Å². The maximum Gasteiger partial charge on any atom is 0.286 e. The van der Waals surface area contributed by atoms with E-state index in [2.05, 4.69) is 46.3 Å². The molecule has 5 heteroatoms. The van der Waals surface area contributed by atoms with Crippen molar-refractivity contribution >= 4 is 45.9 Å². The Morgan fingerprint density at radius 3 is 2.24 bits per heavy atom. The lowest BCUT2D eigenvalue weighted by Crippen LogP contribution is -2.23. The van der Waals surface area contributed by atoms with Gasteiger partial charge < -0.3 is 4.90 Å². The van der Waals surface area contributed by atoms with Gasteiger partial charge in [-0.1, -0.05) is 54.6 Å². The summed E-state index contributed by atoms with van der Waals surface area (Å²) in [5.41, 5.74) is 3.41. The molecule has 128 valence electrons. The second kappa shape index (κ2) is 8.02. The zero-order chi connectivity index (χ0) is 16.4. The van der Waals surface area contributed by atoms with Gasteiger partial charge in [0.25, 0.3) is 5.91 Å². The highest BCUT2D eigenvalue weighted by Gasteiger charge is 2.27. The number of carbonyl (C=O) groups is 1. The number of benzene rings is 2. The zero-order valence-electron chi connectivity index (χ0n) is 13.7. The van der Waals surface area contributed by atoms with Gasteiger partial charge in [-0.15, -0.1) is 17.0 Å². The maximum absolute atomic E-state index is 12.1. The van der Waals surface area contributed by atoms with E-state index in [0.717, 1.165) is 23.8 Å². The molecular formula is C20H19BrN2OS. The smallest absolute Gasteiger partial charge is 0.286 e. The molecule has 0 bridgehead atoms. The van der Waals surface area contributed by atoms with Crippen LogP contribution in [0.4, 0.5) is 0 Å². The lowest BCUT2D eigenvalue weighted by atomic mass is 10.0. The molecule has 1 amide bonds. The Morgan fingerprint density at radius 2 is 1.56 bits per heavy atom. The Balaban J connectivity index is 0.00000182. The Hall–Kier alpha value is -1.85. The highest BCUT2D eigenvalue weighted by atomic mass is 79.9. The third kappa shape index (κ3) is 4.05. The number of rotatable bonds is 2. The molecule has 2 aliphatic rings. The molecule has 4 rings (SSSR count). The molecule has 3 nitrogen and oxygen atoms in total. The first-order valence-corrected chi connectivity index (χ1v) is 9.04. The summed E-state index contributed by atoms with van der Waals surface area (Å²) in [6, 6.07) is 18.6. The number of halogens is 1. The van der Waals surface area contributed by atoms with E-state index in [-0.39, 0.29) is 22.9 Å². The molecule has 0 spiro atoms. The molecule has 2 aromatic carbocycles. The van der Waals surface area contributed by atoms with Gasteiger partial charge in [0.2, 0.25) is 0 Å². The van der Waals surface area contributed by atoms with Crippen LogP contribution in [0.25, 0.3) is 17.2 Å². The lowest BCUT2D eigenvalue weighted by Gasteiger charge is -2.14. The molecule has 0 aliphatic carbocycles. The van der Waals surface area contributed by atoms with Crippen LogP contribution in [0, 0.1) is 0 Å². The quantitative estimate of drug-likeness (QED) is 0.648. The Bertz CT molecular complexity index is 809. The minimum absolute atomic E-state index is 0. The Labute approximate surface area is 162 Å². The number of carbonyl (C=O) groups excluding carboxylic acids is 1. The van der Waals surface area contributed by atoms with Crippen molar-refractivity contribution in [3.05, 3.63) is 65.1 Å². The van der Waals surface area contributed by atoms with E-state index in [4.69, 9.17) is 0 Å². The van der Waals surface area contributed by atoms with Crippen LogP contribution in [0.2, 0.25) is 0 Å². The summed E-state index contributed by atoms with van der Waals surface area (Å²) in [6.45, 7) is 2.02. The van der Waals surface area contributed by atoms with Crippen molar-refractivity contribution in [1.82, 2.24) is 4.90 Å². The van der Waals surface area contributed by atoms with Gasteiger partial charge in [0, 0.05) is 13.1 Å². The first-order valence-electron chi connectivity index (χ1n) is 8.23. The highest BCUT2D eigenvalue weighted by Crippen LogP contribution is 2.32. The fourth-order valence-electron chi connectivity index (χ4n) is 3.00. The minimum atomic E-state index is -0.117. The summed E-state index contributed by atoms with van der Waals surface area (Å²) in [7, 11) is 0. The summed E-state index contributed by atoms with van der Waals surface area (Å²) in [5, 5.41) is 0.865. The first kappa shape index (κ1) is 18.0. The molecule has 0 aromatic heterocycles. The zero-order valence-corrected chi connectivity index (χ0v) is 16.3. The largest absolute Gasteiger partial charge is 0.351 e.